The lowest BCUT2D eigenvalue weighted by Gasteiger charge is -2.27. The fourth-order valence-electron chi connectivity index (χ4n) is 2.16. The molecule has 106 valence electrons. The molecule has 4 nitrogen and oxygen atoms in total. The number of rotatable bonds is 8. The maximum Gasteiger partial charge on any atom is 0.304 e. The number of carboxylic acid groups (broad SMARTS) is 1. The largest absolute Gasteiger partial charge is 0.497 e. The van der Waals surface area contributed by atoms with Gasteiger partial charge in [0.05, 0.1) is 13.5 Å². The number of carbonyl (C=O) groups is 1. The Kier molecular flexibility index (Phi) is 6.36. The van der Waals surface area contributed by atoms with E-state index in [1.807, 2.05) is 12.1 Å². The number of benzene rings is 1. The summed E-state index contributed by atoms with van der Waals surface area (Å²) in [4.78, 5) is 12.8. The predicted molar refractivity (Wildman–Crippen MR) is 75.7 cm³/mol. The van der Waals surface area contributed by atoms with Crippen LogP contribution in [-0.2, 0) is 11.2 Å². The third kappa shape index (κ3) is 5.30. The van der Waals surface area contributed by atoms with Gasteiger partial charge >= 0.3 is 5.97 Å². The second-order valence-corrected chi connectivity index (χ2v) is 4.67. The molecule has 0 aliphatic rings. The number of methoxy groups -OCH3 is 1. The van der Waals surface area contributed by atoms with E-state index in [-0.39, 0.29) is 6.42 Å². The van der Waals surface area contributed by atoms with Crippen molar-refractivity contribution in [2.24, 2.45) is 0 Å². The summed E-state index contributed by atoms with van der Waals surface area (Å²) in [5.74, 6) is 0.115. The Hall–Kier alpha value is -1.55. The average molecular weight is 265 g/mol. The van der Waals surface area contributed by atoms with Gasteiger partial charge < -0.3 is 14.7 Å². The van der Waals surface area contributed by atoms with Crippen molar-refractivity contribution in [2.75, 3.05) is 20.2 Å². The van der Waals surface area contributed by atoms with E-state index in [2.05, 4.69) is 30.9 Å². The van der Waals surface area contributed by atoms with Crippen LogP contribution in [0.1, 0.15) is 25.8 Å². The van der Waals surface area contributed by atoms with Crippen LogP contribution in [0.3, 0.4) is 0 Å². The van der Waals surface area contributed by atoms with Gasteiger partial charge in [-0.2, -0.15) is 0 Å². The SMILES string of the molecule is CCN(CCC(=O)O)C(C)Cc1ccc(OC)cc1. The van der Waals surface area contributed by atoms with Crippen LogP contribution in [0, 0.1) is 0 Å². The second-order valence-electron chi connectivity index (χ2n) is 4.67. The van der Waals surface area contributed by atoms with Crippen LogP contribution in [0.5, 0.6) is 5.75 Å². The molecule has 0 spiro atoms. The zero-order chi connectivity index (χ0) is 14.3. The molecule has 1 unspecified atom stereocenters. The molecule has 0 aliphatic heterocycles. The van der Waals surface area contributed by atoms with Gasteiger partial charge in [-0.25, -0.2) is 0 Å². The molecule has 0 saturated heterocycles. The number of hydrogen-bond acceptors (Lipinski definition) is 3. The highest BCUT2D eigenvalue weighted by atomic mass is 16.5. The Morgan fingerprint density at radius 1 is 1.37 bits per heavy atom. The molecule has 19 heavy (non-hydrogen) atoms. The quantitative estimate of drug-likeness (QED) is 0.784. The lowest BCUT2D eigenvalue weighted by molar-refractivity contribution is -0.137. The van der Waals surface area contributed by atoms with E-state index in [1.54, 1.807) is 7.11 Å². The molecule has 0 fully saturated rings. The van der Waals surface area contributed by atoms with Crippen molar-refractivity contribution >= 4 is 5.97 Å². The summed E-state index contributed by atoms with van der Waals surface area (Å²) in [6.45, 7) is 5.66. The minimum Gasteiger partial charge on any atom is -0.497 e. The maximum absolute atomic E-state index is 10.6. The van der Waals surface area contributed by atoms with Crippen molar-refractivity contribution in [1.29, 1.82) is 0 Å². The molecule has 1 rings (SSSR count). The van der Waals surface area contributed by atoms with E-state index in [1.165, 1.54) is 5.56 Å². The number of aliphatic carboxylic acids is 1. The van der Waals surface area contributed by atoms with Crippen LogP contribution in [0.25, 0.3) is 0 Å². The Morgan fingerprint density at radius 2 is 2.00 bits per heavy atom. The molecule has 0 bridgehead atoms. The number of likely N-dealkylation sites (N-methyl/N-ethyl adjacent to an activating group) is 1. The molecule has 0 aromatic heterocycles. The highest BCUT2D eigenvalue weighted by Crippen LogP contribution is 2.14. The lowest BCUT2D eigenvalue weighted by Crippen LogP contribution is -2.36. The topological polar surface area (TPSA) is 49.8 Å². The summed E-state index contributed by atoms with van der Waals surface area (Å²) in [5.41, 5.74) is 1.24. The summed E-state index contributed by atoms with van der Waals surface area (Å²) in [6.07, 6.45) is 1.11. The first-order valence-electron chi connectivity index (χ1n) is 6.65. The van der Waals surface area contributed by atoms with Crippen LogP contribution in [0.4, 0.5) is 0 Å². The van der Waals surface area contributed by atoms with Gasteiger partial charge in [-0.05, 0) is 37.6 Å². The molecule has 0 amide bonds. The summed E-state index contributed by atoms with van der Waals surface area (Å²) < 4.78 is 5.13. The first-order chi connectivity index (χ1) is 9.06. The van der Waals surface area contributed by atoms with Gasteiger partial charge in [0.25, 0.3) is 0 Å². The fraction of sp³-hybridized carbons (Fsp3) is 0.533. The first-order valence-corrected chi connectivity index (χ1v) is 6.65. The van der Waals surface area contributed by atoms with Crippen molar-refractivity contribution < 1.29 is 14.6 Å². The number of carboxylic acids is 1. The van der Waals surface area contributed by atoms with Gasteiger partial charge in [-0.3, -0.25) is 4.79 Å². The molecular formula is C15H23NO3. The Balaban J connectivity index is 2.54. The molecular weight excluding hydrogens is 242 g/mol. The standard InChI is InChI=1S/C15H23NO3/c1-4-16(10-9-15(17)18)12(2)11-13-5-7-14(19-3)8-6-13/h5-8,12H,4,9-11H2,1-3H3,(H,17,18). The van der Waals surface area contributed by atoms with Gasteiger partial charge in [0.15, 0.2) is 0 Å². The van der Waals surface area contributed by atoms with Crippen molar-refractivity contribution in [3.8, 4) is 5.75 Å². The minimum absolute atomic E-state index is 0.195. The Morgan fingerprint density at radius 3 is 2.47 bits per heavy atom. The molecule has 1 atom stereocenters. The third-order valence-corrected chi connectivity index (χ3v) is 3.33. The van der Waals surface area contributed by atoms with Crippen LogP contribution >= 0.6 is 0 Å². The van der Waals surface area contributed by atoms with Crippen LogP contribution < -0.4 is 4.74 Å². The minimum atomic E-state index is -0.741. The van der Waals surface area contributed by atoms with Crippen LogP contribution in [-0.4, -0.2) is 42.2 Å². The highest BCUT2D eigenvalue weighted by Gasteiger charge is 2.13. The Labute approximate surface area is 115 Å². The smallest absolute Gasteiger partial charge is 0.304 e. The zero-order valence-electron chi connectivity index (χ0n) is 11.9. The molecule has 0 heterocycles. The normalized spacial score (nSPS) is 12.4. The van der Waals surface area contributed by atoms with Crippen molar-refractivity contribution in [1.82, 2.24) is 4.90 Å². The van der Waals surface area contributed by atoms with Gasteiger partial charge in [0, 0.05) is 12.6 Å². The molecule has 1 N–H and O–H groups in total. The van der Waals surface area contributed by atoms with Crippen LogP contribution in [0.15, 0.2) is 24.3 Å². The summed E-state index contributed by atoms with van der Waals surface area (Å²) in [6, 6.07) is 8.35. The molecule has 0 aliphatic carbocycles. The number of ether oxygens (including phenoxy) is 1. The van der Waals surface area contributed by atoms with Crippen molar-refractivity contribution in [2.45, 2.75) is 32.7 Å². The van der Waals surface area contributed by atoms with Gasteiger partial charge in [0.2, 0.25) is 0 Å². The third-order valence-electron chi connectivity index (χ3n) is 3.33. The summed E-state index contributed by atoms with van der Waals surface area (Å²) in [5, 5.41) is 8.75. The zero-order valence-corrected chi connectivity index (χ0v) is 11.9. The molecule has 0 radical (unpaired) electrons. The van der Waals surface area contributed by atoms with E-state index < -0.39 is 5.97 Å². The lowest BCUT2D eigenvalue weighted by atomic mass is 10.1. The van der Waals surface area contributed by atoms with E-state index in [0.717, 1.165) is 18.7 Å². The van der Waals surface area contributed by atoms with Crippen molar-refractivity contribution in [3.63, 3.8) is 0 Å². The molecule has 4 heteroatoms. The van der Waals surface area contributed by atoms with E-state index in [9.17, 15) is 4.79 Å². The molecule has 1 aromatic rings. The highest BCUT2D eigenvalue weighted by molar-refractivity contribution is 5.66. The van der Waals surface area contributed by atoms with E-state index in [4.69, 9.17) is 9.84 Å². The fourth-order valence-corrected chi connectivity index (χ4v) is 2.16. The number of nitrogens with zero attached hydrogens (tertiary/aromatic N) is 1. The monoisotopic (exact) mass is 265 g/mol. The summed E-state index contributed by atoms with van der Waals surface area (Å²) >= 11 is 0. The number of hydrogen-bond donors (Lipinski definition) is 1. The van der Waals surface area contributed by atoms with Gasteiger partial charge in [-0.15, -0.1) is 0 Å². The average Bonchev–Trinajstić information content (AvgIpc) is 2.40. The maximum atomic E-state index is 10.6. The van der Waals surface area contributed by atoms with Gasteiger partial charge in [-0.1, -0.05) is 19.1 Å². The predicted octanol–water partition coefficient (Wildman–Crippen LogP) is 2.42. The summed E-state index contributed by atoms with van der Waals surface area (Å²) in [7, 11) is 1.66. The molecule has 1 aromatic carbocycles. The van der Waals surface area contributed by atoms with Crippen molar-refractivity contribution in [3.05, 3.63) is 29.8 Å². The van der Waals surface area contributed by atoms with Gasteiger partial charge in [0.1, 0.15) is 5.75 Å². The molecule has 0 saturated carbocycles. The second kappa shape index (κ2) is 7.79. The van der Waals surface area contributed by atoms with E-state index in [0.29, 0.717) is 12.6 Å². The first kappa shape index (κ1) is 15.5. The Bertz CT molecular complexity index is 389. The van der Waals surface area contributed by atoms with Crippen LogP contribution in [0.2, 0.25) is 0 Å². The van der Waals surface area contributed by atoms with E-state index >= 15 is 0 Å².